The zero-order valence-corrected chi connectivity index (χ0v) is 30.5. The molecule has 9 aromatic rings. The van der Waals surface area contributed by atoms with Crippen molar-refractivity contribution in [2.24, 2.45) is 0 Å². The highest BCUT2D eigenvalue weighted by atomic mass is 15.1. The molecular weight excluding hydrogens is 639 g/mol. The molecule has 0 spiro atoms. The molecule has 0 bridgehead atoms. The SMILES string of the molecule is CC1(C)c2cc3cc(N(c4ccccc4)c4ccc5cc6c(cc5c4)C(C)(C)c4ccc5ccccc5c4-6)ccc3cc2-c2c1ccc1ccccc21. The van der Waals surface area contributed by atoms with Gasteiger partial charge >= 0.3 is 0 Å². The van der Waals surface area contributed by atoms with Gasteiger partial charge in [-0.1, -0.05) is 131 Å². The molecule has 0 radical (unpaired) electrons. The number of rotatable bonds is 3. The first-order valence-electron chi connectivity index (χ1n) is 18.8. The van der Waals surface area contributed by atoms with Crippen molar-refractivity contribution in [2.45, 2.75) is 38.5 Å². The Kier molecular flexibility index (Phi) is 6.14. The van der Waals surface area contributed by atoms with Crippen molar-refractivity contribution in [2.75, 3.05) is 4.90 Å². The molecule has 252 valence electrons. The Bertz CT molecular complexity index is 2810. The van der Waals surface area contributed by atoms with Gasteiger partial charge in [0.1, 0.15) is 0 Å². The Hall–Kier alpha value is -6.18. The fourth-order valence-corrected chi connectivity index (χ4v) is 9.78. The first kappa shape index (κ1) is 30.4. The van der Waals surface area contributed by atoms with Crippen LogP contribution < -0.4 is 4.90 Å². The molecule has 11 rings (SSSR count). The van der Waals surface area contributed by atoms with Gasteiger partial charge in [-0.2, -0.15) is 0 Å². The number of fused-ring (bicyclic) bond motifs is 12. The molecule has 2 aliphatic carbocycles. The van der Waals surface area contributed by atoms with Crippen LogP contribution in [0.2, 0.25) is 0 Å². The molecule has 0 heterocycles. The second-order valence-electron chi connectivity index (χ2n) is 16.2. The maximum Gasteiger partial charge on any atom is 0.0468 e. The predicted molar refractivity (Wildman–Crippen MR) is 226 cm³/mol. The van der Waals surface area contributed by atoms with Crippen LogP contribution in [0.25, 0.3) is 65.3 Å². The topological polar surface area (TPSA) is 3.24 Å². The Morgan fingerprint density at radius 3 is 1.25 bits per heavy atom. The third-order valence-corrected chi connectivity index (χ3v) is 12.5. The minimum atomic E-state index is -0.0870. The van der Waals surface area contributed by atoms with E-state index in [0.717, 1.165) is 17.1 Å². The lowest BCUT2D eigenvalue weighted by molar-refractivity contribution is 0.661. The summed E-state index contributed by atoms with van der Waals surface area (Å²) in [5.74, 6) is 0. The molecule has 0 aliphatic heterocycles. The van der Waals surface area contributed by atoms with E-state index < -0.39 is 0 Å². The lowest BCUT2D eigenvalue weighted by Crippen LogP contribution is -2.15. The van der Waals surface area contributed by atoms with E-state index >= 15 is 0 Å². The summed E-state index contributed by atoms with van der Waals surface area (Å²) in [5, 5.41) is 10.3. The second kappa shape index (κ2) is 10.7. The average Bonchev–Trinajstić information content (AvgIpc) is 3.55. The summed E-state index contributed by atoms with van der Waals surface area (Å²) in [6.45, 7) is 9.53. The number of nitrogens with zero attached hydrogens (tertiary/aromatic N) is 1. The van der Waals surface area contributed by atoms with Gasteiger partial charge in [0.25, 0.3) is 0 Å². The summed E-state index contributed by atoms with van der Waals surface area (Å²) < 4.78 is 0. The van der Waals surface area contributed by atoms with Crippen LogP contribution >= 0.6 is 0 Å². The van der Waals surface area contributed by atoms with Gasteiger partial charge in [-0.05, 0) is 148 Å². The minimum absolute atomic E-state index is 0.0870. The first-order chi connectivity index (χ1) is 25.8. The fraction of sp³-hybridized carbons (Fsp3) is 0.115. The van der Waals surface area contributed by atoms with Crippen LogP contribution in [0, 0.1) is 0 Å². The second-order valence-corrected chi connectivity index (χ2v) is 16.2. The summed E-state index contributed by atoms with van der Waals surface area (Å²) in [6.07, 6.45) is 0. The molecule has 0 amide bonds. The normalized spacial score (nSPS) is 14.7. The Morgan fingerprint density at radius 1 is 0.321 bits per heavy atom. The van der Waals surface area contributed by atoms with Crippen LogP contribution in [-0.4, -0.2) is 0 Å². The Morgan fingerprint density at radius 2 is 0.755 bits per heavy atom. The molecule has 1 heteroatoms. The van der Waals surface area contributed by atoms with Crippen LogP contribution in [0.1, 0.15) is 49.9 Å². The third-order valence-electron chi connectivity index (χ3n) is 12.5. The van der Waals surface area contributed by atoms with Crippen LogP contribution in [-0.2, 0) is 10.8 Å². The molecule has 0 atom stereocenters. The number of hydrogen-bond donors (Lipinski definition) is 0. The van der Waals surface area contributed by atoms with Gasteiger partial charge < -0.3 is 4.90 Å². The van der Waals surface area contributed by atoms with E-state index in [-0.39, 0.29) is 10.8 Å². The van der Waals surface area contributed by atoms with Gasteiger partial charge in [0, 0.05) is 27.9 Å². The van der Waals surface area contributed by atoms with Gasteiger partial charge in [0.15, 0.2) is 0 Å². The molecule has 0 fully saturated rings. The molecule has 0 aromatic heterocycles. The molecule has 0 N–H and O–H groups in total. The molecule has 0 unspecified atom stereocenters. The largest absolute Gasteiger partial charge is 0.310 e. The minimum Gasteiger partial charge on any atom is -0.310 e. The van der Waals surface area contributed by atoms with Crippen molar-refractivity contribution in [1.82, 2.24) is 0 Å². The van der Waals surface area contributed by atoms with E-state index in [1.807, 2.05) is 0 Å². The maximum absolute atomic E-state index is 2.46. The predicted octanol–water partition coefficient (Wildman–Crippen LogP) is 14.4. The van der Waals surface area contributed by atoms with E-state index in [1.54, 1.807) is 0 Å². The lowest BCUT2D eigenvalue weighted by Gasteiger charge is -2.27. The van der Waals surface area contributed by atoms with Crippen molar-refractivity contribution >= 4 is 60.2 Å². The van der Waals surface area contributed by atoms with Gasteiger partial charge in [-0.25, -0.2) is 0 Å². The van der Waals surface area contributed by atoms with E-state index in [0.29, 0.717) is 0 Å². The van der Waals surface area contributed by atoms with Crippen molar-refractivity contribution in [3.05, 3.63) is 186 Å². The van der Waals surface area contributed by atoms with E-state index in [9.17, 15) is 0 Å². The zero-order chi connectivity index (χ0) is 35.6. The first-order valence-corrected chi connectivity index (χ1v) is 18.8. The average molecular weight is 678 g/mol. The summed E-state index contributed by atoms with van der Waals surface area (Å²) in [5.41, 5.74) is 14.4. The number of hydrogen-bond acceptors (Lipinski definition) is 1. The smallest absolute Gasteiger partial charge is 0.0468 e. The number of para-hydroxylation sites is 1. The summed E-state index contributed by atoms with van der Waals surface area (Å²) >= 11 is 0. The fourth-order valence-electron chi connectivity index (χ4n) is 9.78. The van der Waals surface area contributed by atoms with E-state index in [2.05, 4.69) is 196 Å². The van der Waals surface area contributed by atoms with Crippen molar-refractivity contribution in [1.29, 1.82) is 0 Å². The molecule has 9 aromatic carbocycles. The maximum atomic E-state index is 2.46. The molecule has 0 saturated heterocycles. The molecule has 2 aliphatic rings. The van der Waals surface area contributed by atoms with Crippen molar-refractivity contribution < 1.29 is 0 Å². The van der Waals surface area contributed by atoms with Crippen LogP contribution in [0.4, 0.5) is 17.1 Å². The molecular formula is C52H39N. The highest BCUT2D eigenvalue weighted by Gasteiger charge is 2.38. The highest BCUT2D eigenvalue weighted by molar-refractivity contribution is 6.07. The molecule has 0 saturated carbocycles. The number of benzene rings is 9. The number of anilines is 3. The molecule has 53 heavy (non-hydrogen) atoms. The summed E-state index contributed by atoms with van der Waals surface area (Å²) in [7, 11) is 0. The lowest BCUT2D eigenvalue weighted by atomic mass is 9.81. The van der Waals surface area contributed by atoms with E-state index in [1.165, 1.54) is 87.6 Å². The molecule has 1 nitrogen and oxygen atoms in total. The van der Waals surface area contributed by atoms with Crippen LogP contribution in [0.5, 0.6) is 0 Å². The van der Waals surface area contributed by atoms with Crippen molar-refractivity contribution in [3.8, 4) is 22.3 Å². The third kappa shape index (κ3) is 4.25. The van der Waals surface area contributed by atoms with E-state index in [4.69, 9.17) is 0 Å². The van der Waals surface area contributed by atoms with Gasteiger partial charge in [0.2, 0.25) is 0 Å². The van der Waals surface area contributed by atoms with Gasteiger partial charge in [-0.15, -0.1) is 0 Å². The zero-order valence-electron chi connectivity index (χ0n) is 30.5. The summed E-state index contributed by atoms with van der Waals surface area (Å²) in [4.78, 5) is 2.42. The Balaban J connectivity index is 1.07. The van der Waals surface area contributed by atoms with Gasteiger partial charge in [-0.3, -0.25) is 0 Å². The van der Waals surface area contributed by atoms with Crippen LogP contribution in [0.3, 0.4) is 0 Å². The van der Waals surface area contributed by atoms with Crippen LogP contribution in [0.15, 0.2) is 164 Å². The van der Waals surface area contributed by atoms with Gasteiger partial charge in [0.05, 0.1) is 0 Å². The Labute approximate surface area is 310 Å². The quantitative estimate of drug-likeness (QED) is 0.180. The monoisotopic (exact) mass is 677 g/mol. The standard InChI is InChI=1S/C52H39N/c1-51(2)45-24-20-32-12-8-10-16-41(32)49(45)43-28-34-18-22-39(26-36(34)30-47(43)51)53(38-14-6-5-7-15-38)40-23-19-35-29-44-48(31-37(35)27-40)52(3,4)46-25-21-33-13-9-11-17-42(33)50(44)46/h5-31H,1-4H3. The highest BCUT2D eigenvalue weighted by Crippen LogP contribution is 2.54. The summed E-state index contributed by atoms with van der Waals surface area (Å²) in [6, 6.07) is 61.5. The van der Waals surface area contributed by atoms with Crippen molar-refractivity contribution in [3.63, 3.8) is 0 Å².